The van der Waals surface area contributed by atoms with Crippen LogP contribution in [0.2, 0.25) is 0 Å². The van der Waals surface area contributed by atoms with E-state index in [9.17, 15) is 0 Å². The molecule has 0 aromatic heterocycles. The van der Waals surface area contributed by atoms with Gasteiger partial charge in [-0.05, 0) is 31.5 Å². The molecule has 2 nitrogen and oxygen atoms in total. The zero-order valence-corrected chi connectivity index (χ0v) is 12.6. The number of para-hydroxylation sites is 1. The summed E-state index contributed by atoms with van der Waals surface area (Å²) in [5, 5.41) is 3.48. The highest BCUT2D eigenvalue weighted by Gasteiger charge is 2.01. The molecule has 21 heavy (non-hydrogen) atoms. The molecule has 2 heteroatoms. The van der Waals surface area contributed by atoms with Crippen molar-refractivity contribution in [3.05, 3.63) is 77.9 Å². The maximum absolute atomic E-state index is 5.66. The molecule has 0 fully saturated rings. The summed E-state index contributed by atoms with van der Waals surface area (Å²) in [6, 6.07) is 16.8. The van der Waals surface area contributed by atoms with Crippen molar-refractivity contribution in [1.29, 1.82) is 0 Å². The van der Waals surface area contributed by atoms with Gasteiger partial charge in [0.25, 0.3) is 0 Å². The first kappa shape index (κ1) is 15.3. The quantitative estimate of drug-likeness (QED) is 0.585. The van der Waals surface area contributed by atoms with Gasteiger partial charge in [-0.2, -0.15) is 0 Å². The van der Waals surface area contributed by atoms with Crippen molar-refractivity contribution in [2.24, 2.45) is 0 Å². The van der Waals surface area contributed by atoms with E-state index in [1.54, 1.807) is 6.08 Å². The minimum Gasteiger partial charge on any atom is -0.489 e. The van der Waals surface area contributed by atoms with E-state index in [2.05, 4.69) is 49.2 Å². The Balaban J connectivity index is 1.82. The van der Waals surface area contributed by atoms with Crippen LogP contribution in [-0.2, 0) is 13.0 Å². The van der Waals surface area contributed by atoms with Crippen molar-refractivity contribution in [1.82, 2.24) is 5.32 Å². The van der Waals surface area contributed by atoms with Crippen molar-refractivity contribution in [2.75, 3.05) is 13.2 Å². The van der Waals surface area contributed by atoms with Crippen LogP contribution in [0.4, 0.5) is 0 Å². The first-order valence-electron chi connectivity index (χ1n) is 7.37. The van der Waals surface area contributed by atoms with Gasteiger partial charge < -0.3 is 10.1 Å². The van der Waals surface area contributed by atoms with Gasteiger partial charge in [0.2, 0.25) is 0 Å². The highest BCUT2D eigenvalue weighted by Crippen LogP contribution is 2.17. The van der Waals surface area contributed by atoms with E-state index in [1.165, 1.54) is 16.7 Å². The van der Waals surface area contributed by atoms with Crippen molar-refractivity contribution in [2.45, 2.75) is 19.9 Å². The number of aryl methyl sites for hydroxylation is 1. The molecule has 0 aliphatic rings. The minimum absolute atomic E-state index is 0.542. The number of ether oxygens (including phenoxy) is 1. The van der Waals surface area contributed by atoms with Gasteiger partial charge >= 0.3 is 0 Å². The minimum atomic E-state index is 0.542. The summed E-state index contributed by atoms with van der Waals surface area (Å²) in [5.41, 5.74) is 3.87. The van der Waals surface area contributed by atoms with Gasteiger partial charge in [0.15, 0.2) is 0 Å². The summed E-state index contributed by atoms with van der Waals surface area (Å²) in [5.74, 6) is 0.931. The summed E-state index contributed by atoms with van der Waals surface area (Å²) >= 11 is 0. The topological polar surface area (TPSA) is 21.3 Å². The summed E-state index contributed by atoms with van der Waals surface area (Å²) in [7, 11) is 0. The average molecular weight is 281 g/mol. The molecule has 2 rings (SSSR count). The molecule has 0 bridgehead atoms. The second-order valence-electron chi connectivity index (χ2n) is 5.12. The zero-order chi connectivity index (χ0) is 14.9. The van der Waals surface area contributed by atoms with E-state index < -0.39 is 0 Å². The molecule has 0 spiro atoms. The molecule has 2 aromatic rings. The van der Waals surface area contributed by atoms with Crippen LogP contribution in [0, 0.1) is 6.92 Å². The Morgan fingerprint density at radius 1 is 1.14 bits per heavy atom. The molecule has 0 atom stereocenters. The van der Waals surface area contributed by atoms with Gasteiger partial charge in [-0.25, -0.2) is 0 Å². The molecular weight excluding hydrogens is 258 g/mol. The Morgan fingerprint density at radius 2 is 2.00 bits per heavy atom. The van der Waals surface area contributed by atoms with E-state index in [0.29, 0.717) is 6.61 Å². The van der Waals surface area contributed by atoms with Crippen LogP contribution in [-0.4, -0.2) is 13.2 Å². The monoisotopic (exact) mass is 281 g/mol. The predicted molar refractivity (Wildman–Crippen MR) is 88.7 cm³/mol. The molecule has 0 unspecified atom stereocenters. The molecule has 0 amide bonds. The van der Waals surface area contributed by atoms with Crippen LogP contribution in [0.15, 0.2) is 61.2 Å². The third kappa shape index (κ3) is 5.09. The Bertz CT molecular complexity index is 577. The van der Waals surface area contributed by atoms with Gasteiger partial charge in [0, 0.05) is 12.1 Å². The Morgan fingerprint density at radius 3 is 2.81 bits per heavy atom. The lowest BCUT2D eigenvalue weighted by atomic mass is 10.1. The fraction of sp³-hybridized carbons (Fsp3) is 0.263. The SMILES string of the molecule is C=CCOc1ccccc1CNCCc1cccc(C)c1. The van der Waals surface area contributed by atoms with Crippen LogP contribution in [0.5, 0.6) is 5.75 Å². The molecule has 0 saturated carbocycles. The third-order valence-corrected chi connectivity index (χ3v) is 3.32. The van der Waals surface area contributed by atoms with Crippen LogP contribution >= 0.6 is 0 Å². The predicted octanol–water partition coefficient (Wildman–Crippen LogP) is 3.89. The number of hydrogen-bond acceptors (Lipinski definition) is 2. The van der Waals surface area contributed by atoms with E-state index in [4.69, 9.17) is 4.74 Å². The first-order chi connectivity index (χ1) is 10.3. The Kier molecular flexibility index (Phi) is 6.04. The normalized spacial score (nSPS) is 10.3. The fourth-order valence-electron chi connectivity index (χ4n) is 2.26. The Hall–Kier alpha value is -2.06. The van der Waals surface area contributed by atoms with Crippen molar-refractivity contribution in [3.8, 4) is 5.75 Å². The molecule has 0 heterocycles. The number of rotatable bonds is 8. The highest BCUT2D eigenvalue weighted by atomic mass is 16.5. The molecule has 0 aliphatic carbocycles. The highest BCUT2D eigenvalue weighted by molar-refractivity contribution is 5.33. The standard InChI is InChI=1S/C19H23NO/c1-3-13-21-19-10-5-4-9-18(19)15-20-12-11-17-8-6-7-16(2)14-17/h3-10,14,20H,1,11-13,15H2,2H3. The fourth-order valence-corrected chi connectivity index (χ4v) is 2.26. The summed E-state index contributed by atoms with van der Waals surface area (Å²) in [6.45, 7) is 8.13. The van der Waals surface area contributed by atoms with Crippen molar-refractivity contribution >= 4 is 0 Å². The van der Waals surface area contributed by atoms with E-state index in [0.717, 1.165) is 25.3 Å². The van der Waals surface area contributed by atoms with Gasteiger partial charge in [-0.1, -0.05) is 60.7 Å². The number of hydrogen-bond donors (Lipinski definition) is 1. The second-order valence-corrected chi connectivity index (χ2v) is 5.12. The van der Waals surface area contributed by atoms with Crippen LogP contribution in [0.25, 0.3) is 0 Å². The second kappa shape index (κ2) is 8.28. The zero-order valence-electron chi connectivity index (χ0n) is 12.6. The van der Waals surface area contributed by atoms with Crippen LogP contribution in [0.3, 0.4) is 0 Å². The third-order valence-electron chi connectivity index (χ3n) is 3.32. The van der Waals surface area contributed by atoms with E-state index in [1.807, 2.05) is 18.2 Å². The van der Waals surface area contributed by atoms with Gasteiger partial charge in [0.1, 0.15) is 12.4 Å². The summed E-state index contributed by atoms with van der Waals surface area (Å²) in [4.78, 5) is 0. The summed E-state index contributed by atoms with van der Waals surface area (Å²) < 4.78 is 5.66. The molecular formula is C19H23NO. The van der Waals surface area contributed by atoms with Crippen molar-refractivity contribution < 1.29 is 4.74 Å². The number of benzene rings is 2. The molecule has 2 aromatic carbocycles. The largest absolute Gasteiger partial charge is 0.489 e. The van der Waals surface area contributed by atoms with Gasteiger partial charge in [-0.3, -0.25) is 0 Å². The van der Waals surface area contributed by atoms with Crippen LogP contribution < -0.4 is 10.1 Å². The smallest absolute Gasteiger partial charge is 0.124 e. The maximum Gasteiger partial charge on any atom is 0.124 e. The van der Waals surface area contributed by atoms with Gasteiger partial charge in [0.05, 0.1) is 0 Å². The number of nitrogens with one attached hydrogen (secondary N) is 1. The summed E-state index contributed by atoms with van der Waals surface area (Å²) in [6.07, 6.45) is 2.80. The maximum atomic E-state index is 5.66. The average Bonchev–Trinajstić information content (AvgIpc) is 2.50. The lowest BCUT2D eigenvalue weighted by Gasteiger charge is -2.11. The van der Waals surface area contributed by atoms with E-state index >= 15 is 0 Å². The lowest BCUT2D eigenvalue weighted by Crippen LogP contribution is -2.17. The molecule has 0 saturated heterocycles. The van der Waals surface area contributed by atoms with Crippen LogP contribution in [0.1, 0.15) is 16.7 Å². The first-order valence-corrected chi connectivity index (χ1v) is 7.37. The molecule has 0 radical (unpaired) electrons. The molecule has 110 valence electrons. The van der Waals surface area contributed by atoms with Gasteiger partial charge in [-0.15, -0.1) is 0 Å². The lowest BCUT2D eigenvalue weighted by molar-refractivity contribution is 0.358. The van der Waals surface area contributed by atoms with Crippen molar-refractivity contribution in [3.63, 3.8) is 0 Å². The van der Waals surface area contributed by atoms with E-state index in [-0.39, 0.29) is 0 Å². The molecule has 0 aliphatic heterocycles. The Labute approximate surface area is 127 Å². The molecule has 1 N–H and O–H groups in total.